The van der Waals surface area contributed by atoms with E-state index in [1.165, 1.54) is 11.2 Å². The number of carbonyl (C=O) groups excluding carboxylic acids is 1. The predicted octanol–water partition coefficient (Wildman–Crippen LogP) is 2.20. The fourth-order valence-corrected chi connectivity index (χ4v) is 4.47. The molecule has 2 aromatic rings. The Morgan fingerprint density at radius 2 is 2.12 bits per heavy atom. The second kappa shape index (κ2) is 6.57. The molecule has 132 valence electrons. The maximum Gasteiger partial charge on any atom is 0.243 e. The fourth-order valence-electron chi connectivity index (χ4n) is 3.26. The van der Waals surface area contributed by atoms with Crippen molar-refractivity contribution >= 4 is 21.6 Å². The average molecular weight is 359 g/mol. The minimum absolute atomic E-state index is 0.0319. The number of aromatic nitrogens is 1. The SMILES string of the molecule is CC(=O)N1c2ccc(S(=O)(=O)N(C)Cc3cccnc3)cc2CC1C. The number of benzene rings is 1. The van der Waals surface area contributed by atoms with E-state index < -0.39 is 10.0 Å². The Hall–Kier alpha value is -2.25. The largest absolute Gasteiger partial charge is 0.309 e. The van der Waals surface area contributed by atoms with Gasteiger partial charge >= 0.3 is 0 Å². The lowest BCUT2D eigenvalue weighted by atomic mass is 10.1. The maximum atomic E-state index is 12.9. The predicted molar refractivity (Wildman–Crippen MR) is 95.7 cm³/mol. The van der Waals surface area contributed by atoms with Gasteiger partial charge in [-0.05, 0) is 48.7 Å². The van der Waals surface area contributed by atoms with E-state index in [0.717, 1.165) is 16.8 Å². The van der Waals surface area contributed by atoms with E-state index in [1.54, 1.807) is 48.6 Å². The monoisotopic (exact) mass is 359 g/mol. The number of rotatable bonds is 4. The molecule has 1 aromatic carbocycles. The van der Waals surface area contributed by atoms with Crippen LogP contribution in [0, 0.1) is 0 Å². The lowest BCUT2D eigenvalue weighted by molar-refractivity contribution is -0.116. The van der Waals surface area contributed by atoms with Crippen LogP contribution in [0.3, 0.4) is 0 Å². The Morgan fingerprint density at radius 1 is 1.36 bits per heavy atom. The van der Waals surface area contributed by atoms with E-state index in [9.17, 15) is 13.2 Å². The summed E-state index contributed by atoms with van der Waals surface area (Å²) in [6.45, 7) is 3.74. The minimum atomic E-state index is -3.61. The number of sulfonamides is 1. The third-order valence-corrected chi connectivity index (χ3v) is 6.24. The number of hydrogen-bond acceptors (Lipinski definition) is 4. The summed E-state index contributed by atoms with van der Waals surface area (Å²) in [5.41, 5.74) is 2.51. The molecule has 0 spiro atoms. The van der Waals surface area contributed by atoms with Crippen LogP contribution in [0.1, 0.15) is 25.0 Å². The standard InChI is InChI=1S/C18H21N3O3S/c1-13-9-16-10-17(6-7-18(16)21(13)14(2)22)25(23,24)20(3)12-15-5-4-8-19-11-15/h4-8,10-11,13H,9,12H2,1-3H3. The van der Waals surface area contributed by atoms with Crippen LogP contribution in [0.15, 0.2) is 47.6 Å². The summed E-state index contributed by atoms with van der Waals surface area (Å²) in [5, 5.41) is 0. The summed E-state index contributed by atoms with van der Waals surface area (Å²) >= 11 is 0. The molecule has 0 bridgehead atoms. The highest BCUT2D eigenvalue weighted by Crippen LogP contribution is 2.34. The van der Waals surface area contributed by atoms with Crippen LogP contribution in [0.4, 0.5) is 5.69 Å². The van der Waals surface area contributed by atoms with Gasteiger partial charge in [-0.1, -0.05) is 6.07 Å². The Kier molecular flexibility index (Phi) is 4.62. The van der Waals surface area contributed by atoms with Gasteiger partial charge in [0.25, 0.3) is 0 Å². The molecule has 1 amide bonds. The average Bonchev–Trinajstić information content (AvgIpc) is 2.90. The Balaban J connectivity index is 1.89. The molecule has 0 saturated carbocycles. The van der Waals surface area contributed by atoms with Crippen molar-refractivity contribution in [1.29, 1.82) is 0 Å². The van der Waals surface area contributed by atoms with Crippen LogP contribution in [0.5, 0.6) is 0 Å². The quantitative estimate of drug-likeness (QED) is 0.839. The molecule has 0 N–H and O–H groups in total. The topological polar surface area (TPSA) is 70.6 Å². The third kappa shape index (κ3) is 3.29. The molecule has 0 radical (unpaired) electrons. The van der Waals surface area contributed by atoms with Crippen molar-refractivity contribution in [2.75, 3.05) is 11.9 Å². The lowest BCUT2D eigenvalue weighted by Gasteiger charge is -2.21. The number of carbonyl (C=O) groups is 1. The summed E-state index contributed by atoms with van der Waals surface area (Å²) in [4.78, 5) is 17.8. The van der Waals surface area contributed by atoms with Crippen LogP contribution in [-0.4, -0.2) is 36.7 Å². The highest BCUT2D eigenvalue weighted by molar-refractivity contribution is 7.89. The first kappa shape index (κ1) is 17.6. The number of fused-ring (bicyclic) bond motifs is 1. The van der Waals surface area contributed by atoms with Crippen LogP contribution < -0.4 is 4.90 Å². The van der Waals surface area contributed by atoms with Gasteiger partial charge in [0, 0.05) is 44.6 Å². The molecule has 0 aliphatic carbocycles. The van der Waals surface area contributed by atoms with E-state index in [2.05, 4.69) is 4.98 Å². The first-order valence-corrected chi connectivity index (χ1v) is 9.52. The molecule has 25 heavy (non-hydrogen) atoms. The Labute approximate surface area is 148 Å². The smallest absolute Gasteiger partial charge is 0.243 e. The van der Waals surface area contributed by atoms with Gasteiger partial charge in [0.15, 0.2) is 0 Å². The molecule has 1 atom stereocenters. The Bertz CT molecular complexity index is 897. The molecule has 1 unspecified atom stereocenters. The van der Waals surface area contributed by atoms with E-state index in [1.807, 2.05) is 13.0 Å². The highest BCUT2D eigenvalue weighted by atomic mass is 32.2. The van der Waals surface area contributed by atoms with Crippen molar-refractivity contribution in [3.8, 4) is 0 Å². The molecular formula is C18H21N3O3S. The molecule has 2 heterocycles. The van der Waals surface area contributed by atoms with Gasteiger partial charge < -0.3 is 4.90 Å². The van der Waals surface area contributed by atoms with Gasteiger partial charge in [0.1, 0.15) is 0 Å². The number of anilines is 1. The van der Waals surface area contributed by atoms with Gasteiger partial charge in [-0.15, -0.1) is 0 Å². The van der Waals surface area contributed by atoms with Crippen LogP contribution in [0.25, 0.3) is 0 Å². The van der Waals surface area contributed by atoms with Gasteiger partial charge in [-0.3, -0.25) is 9.78 Å². The highest BCUT2D eigenvalue weighted by Gasteiger charge is 2.31. The van der Waals surface area contributed by atoms with Gasteiger partial charge in [0.05, 0.1) is 4.90 Å². The van der Waals surface area contributed by atoms with E-state index >= 15 is 0 Å². The fraction of sp³-hybridized carbons (Fsp3) is 0.333. The number of nitrogens with zero attached hydrogens (tertiary/aromatic N) is 3. The molecule has 0 saturated heterocycles. The van der Waals surface area contributed by atoms with Gasteiger partial charge in [-0.2, -0.15) is 4.31 Å². The first-order chi connectivity index (χ1) is 11.8. The van der Waals surface area contributed by atoms with Crippen LogP contribution in [-0.2, 0) is 27.8 Å². The van der Waals surface area contributed by atoms with Crippen LogP contribution in [0.2, 0.25) is 0 Å². The third-order valence-electron chi connectivity index (χ3n) is 4.44. The Morgan fingerprint density at radius 3 is 2.76 bits per heavy atom. The molecule has 0 fully saturated rings. The molecule has 1 aromatic heterocycles. The molecular weight excluding hydrogens is 338 g/mol. The van der Waals surface area contributed by atoms with E-state index in [4.69, 9.17) is 0 Å². The number of hydrogen-bond donors (Lipinski definition) is 0. The molecule has 3 rings (SSSR count). The minimum Gasteiger partial charge on any atom is -0.309 e. The van der Waals surface area contributed by atoms with Crippen molar-refractivity contribution in [3.63, 3.8) is 0 Å². The summed E-state index contributed by atoms with van der Waals surface area (Å²) in [6, 6.07) is 8.65. The maximum absolute atomic E-state index is 12.9. The molecule has 6 nitrogen and oxygen atoms in total. The number of pyridine rings is 1. The van der Waals surface area contributed by atoms with Crippen molar-refractivity contribution < 1.29 is 13.2 Å². The second-order valence-electron chi connectivity index (χ2n) is 6.36. The second-order valence-corrected chi connectivity index (χ2v) is 8.40. The molecule has 7 heteroatoms. The summed E-state index contributed by atoms with van der Waals surface area (Å²) in [7, 11) is -2.06. The summed E-state index contributed by atoms with van der Waals surface area (Å²) in [6.07, 6.45) is 3.96. The molecule has 1 aliphatic rings. The van der Waals surface area contributed by atoms with E-state index in [0.29, 0.717) is 6.42 Å². The summed E-state index contributed by atoms with van der Waals surface area (Å²) < 4.78 is 27.0. The normalized spacial score (nSPS) is 17.0. The summed E-state index contributed by atoms with van der Waals surface area (Å²) in [5.74, 6) is -0.0319. The van der Waals surface area contributed by atoms with Gasteiger partial charge in [-0.25, -0.2) is 8.42 Å². The zero-order valence-electron chi connectivity index (χ0n) is 14.5. The van der Waals surface area contributed by atoms with Crippen molar-refractivity contribution in [1.82, 2.24) is 9.29 Å². The van der Waals surface area contributed by atoms with Crippen molar-refractivity contribution in [2.24, 2.45) is 0 Å². The number of amides is 1. The van der Waals surface area contributed by atoms with Crippen molar-refractivity contribution in [2.45, 2.75) is 37.8 Å². The van der Waals surface area contributed by atoms with Crippen LogP contribution >= 0.6 is 0 Å². The van der Waals surface area contributed by atoms with Gasteiger partial charge in [0.2, 0.25) is 15.9 Å². The van der Waals surface area contributed by atoms with Crippen molar-refractivity contribution in [3.05, 3.63) is 53.9 Å². The van der Waals surface area contributed by atoms with E-state index in [-0.39, 0.29) is 23.4 Å². The first-order valence-electron chi connectivity index (χ1n) is 8.08. The molecule has 1 aliphatic heterocycles. The zero-order valence-corrected chi connectivity index (χ0v) is 15.3. The lowest BCUT2D eigenvalue weighted by Crippen LogP contribution is -2.33. The zero-order chi connectivity index (χ0) is 18.2.